The Balaban J connectivity index is 1.32. The maximum absolute atomic E-state index is 2.45. The first-order chi connectivity index (χ1) is 10.7. The molecule has 3 saturated carbocycles. The van der Waals surface area contributed by atoms with E-state index in [1.807, 2.05) is 0 Å². The van der Waals surface area contributed by atoms with E-state index >= 15 is 0 Å². The molecule has 1 heteroatoms. The van der Waals surface area contributed by atoms with Crippen LogP contribution in [0.2, 0.25) is 3.48 Å². The molecule has 3 rings (SSSR count). The van der Waals surface area contributed by atoms with Crippen LogP contribution in [0.5, 0.6) is 0 Å². The van der Waals surface area contributed by atoms with E-state index < -0.39 is 0 Å². The second-order valence-corrected chi connectivity index (χ2v) is 12.4. The molecule has 0 N–H and O–H groups in total. The van der Waals surface area contributed by atoms with Gasteiger partial charge >= 0.3 is 130 Å². The second-order valence-electron chi connectivity index (χ2n) is 9.20. The Labute approximate surface area is 155 Å². The van der Waals surface area contributed by atoms with Crippen LogP contribution in [-0.2, 0) is 0 Å². The molecule has 0 aromatic carbocycles. The van der Waals surface area contributed by atoms with Crippen molar-refractivity contribution in [3.8, 4) is 0 Å². The minimum Gasteiger partial charge on any atom is -0.0504 e. The molecule has 0 atom stereocenters. The minimum atomic E-state index is 1.02. The first-order valence-electron chi connectivity index (χ1n) is 10.4. The Morgan fingerprint density at radius 3 is 1.27 bits per heavy atom. The van der Waals surface area contributed by atoms with Gasteiger partial charge in [-0.05, 0) is 5.92 Å². The molecule has 125 valence electrons. The van der Waals surface area contributed by atoms with Gasteiger partial charge in [-0.2, -0.15) is 0 Å². The normalized spacial score (nSPS) is 43.9. The van der Waals surface area contributed by atoms with Gasteiger partial charge in [-0.15, -0.1) is 0 Å². The fraction of sp³-hybridized carbons (Fsp3) is 1.00. The molecule has 22 heavy (non-hydrogen) atoms. The van der Waals surface area contributed by atoms with Gasteiger partial charge in [0.1, 0.15) is 0 Å². The topological polar surface area (TPSA) is 0 Å². The van der Waals surface area contributed by atoms with Crippen molar-refractivity contribution in [2.24, 2.45) is 29.6 Å². The fourth-order valence-corrected chi connectivity index (χ4v) is 6.90. The van der Waals surface area contributed by atoms with E-state index in [1.165, 1.54) is 38.6 Å². The molecular formula is C21H37Pb. The summed E-state index contributed by atoms with van der Waals surface area (Å²) in [6.45, 7) is 2.45. The van der Waals surface area contributed by atoms with Gasteiger partial charge < -0.3 is 0 Å². The summed E-state index contributed by atoms with van der Waals surface area (Å²) in [6.07, 6.45) is 21.9. The smallest absolute Gasteiger partial charge is 0.0504 e. The summed E-state index contributed by atoms with van der Waals surface area (Å²) in [5.41, 5.74) is 0. The van der Waals surface area contributed by atoms with Crippen molar-refractivity contribution in [3.63, 3.8) is 0 Å². The van der Waals surface area contributed by atoms with Crippen molar-refractivity contribution in [2.45, 2.75) is 100 Å². The van der Waals surface area contributed by atoms with Gasteiger partial charge in [0, 0.05) is 0 Å². The first-order valence-corrected chi connectivity index (χ1v) is 12.6. The van der Waals surface area contributed by atoms with Crippen molar-refractivity contribution in [2.75, 3.05) is 0 Å². The number of hydrogen-bond donors (Lipinski definition) is 0. The third-order valence-corrected chi connectivity index (χ3v) is 9.53. The predicted molar refractivity (Wildman–Crippen MR) is 97.3 cm³/mol. The quantitative estimate of drug-likeness (QED) is 0.387. The zero-order chi connectivity index (χ0) is 15.4. The zero-order valence-electron chi connectivity index (χ0n) is 14.9. The number of rotatable bonds is 4. The van der Waals surface area contributed by atoms with E-state index in [9.17, 15) is 0 Å². The molecule has 0 bridgehead atoms. The van der Waals surface area contributed by atoms with Gasteiger partial charge in [0.05, 0.1) is 0 Å². The molecule has 0 nitrogen and oxygen atoms in total. The summed E-state index contributed by atoms with van der Waals surface area (Å²) in [6, 6.07) is 0. The van der Waals surface area contributed by atoms with Crippen molar-refractivity contribution < 1.29 is 0 Å². The van der Waals surface area contributed by atoms with E-state index in [4.69, 9.17) is 0 Å². The van der Waals surface area contributed by atoms with Crippen LogP contribution in [0.15, 0.2) is 0 Å². The van der Waals surface area contributed by atoms with Crippen molar-refractivity contribution in [3.05, 3.63) is 0 Å². The van der Waals surface area contributed by atoms with Crippen molar-refractivity contribution in [1.29, 1.82) is 0 Å². The monoisotopic (exact) mass is 497 g/mol. The summed E-state index contributed by atoms with van der Waals surface area (Å²) < 4.78 is 1.16. The minimum absolute atomic E-state index is 1.02. The Morgan fingerprint density at radius 1 is 0.545 bits per heavy atom. The zero-order valence-corrected chi connectivity index (χ0v) is 18.8. The molecule has 0 aliphatic heterocycles. The molecule has 0 amide bonds. The summed E-state index contributed by atoms with van der Waals surface area (Å²) >= 11 is 1.45. The Kier molecular flexibility index (Phi) is 7.14. The van der Waals surface area contributed by atoms with Gasteiger partial charge in [-0.1, -0.05) is 19.8 Å². The Bertz CT molecular complexity index is 270. The van der Waals surface area contributed by atoms with Crippen molar-refractivity contribution >= 4 is 25.8 Å². The Morgan fingerprint density at radius 2 is 0.864 bits per heavy atom. The van der Waals surface area contributed by atoms with Gasteiger partial charge in [0.25, 0.3) is 0 Å². The average molecular weight is 497 g/mol. The molecule has 3 aliphatic rings. The van der Waals surface area contributed by atoms with Crippen LogP contribution in [0, 0.1) is 29.6 Å². The molecule has 0 heterocycles. The van der Waals surface area contributed by atoms with Gasteiger partial charge in [-0.25, -0.2) is 0 Å². The van der Waals surface area contributed by atoms with E-state index in [-0.39, 0.29) is 0 Å². The van der Waals surface area contributed by atoms with E-state index in [0.717, 1.165) is 33.1 Å². The molecular weight excluding hydrogens is 459 g/mol. The third kappa shape index (κ3) is 5.48. The standard InChI is InChI=1S/C21H37.Pb/c1-17-7-9-19(10-8-17)16-21-13-11-20(12-14-21)15-18-5-3-2-4-6-18;/h2,17-21H,3-16H2,1H3;. The molecule has 0 aromatic heterocycles. The molecule has 0 unspecified atom stereocenters. The van der Waals surface area contributed by atoms with E-state index in [2.05, 4.69) is 6.92 Å². The predicted octanol–water partition coefficient (Wildman–Crippen LogP) is 6.55. The molecule has 0 saturated heterocycles. The maximum atomic E-state index is 2.45. The summed E-state index contributed by atoms with van der Waals surface area (Å²) in [4.78, 5) is 0. The summed E-state index contributed by atoms with van der Waals surface area (Å²) in [5.74, 6) is 5.45. The van der Waals surface area contributed by atoms with Gasteiger partial charge in [0.2, 0.25) is 0 Å². The first kappa shape index (κ1) is 17.7. The van der Waals surface area contributed by atoms with Crippen LogP contribution in [0.3, 0.4) is 0 Å². The van der Waals surface area contributed by atoms with Gasteiger partial charge in [-0.3, -0.25) is 0 Å². The fourth-order valence-electron chi connectivity index (χ4n) is 5.61. The van der Waals surface area contributed by atoms with Crippen LogP contribution in [0.4, 0.5) is 0 Å². The van der Waals surface area contributed by atoms with E-state index in [0.29, 0.717) is 0 Å². The number of hydrogen-bond acceptors (Lipinski definition) is 0. The van der Waals surface area contributed by atoms with Crippen LogP contribution in [0.1, 0.15) is 96.8 Å². The van der Waals surface area contributed by atoms with Gasteiger partial charge in [0.15, 0.2) is 0 Å². The molecule has 3 fully saturated rings. The van der Waals surface area contributed by atoms with E-state index in [1.54, 1.807) is 77.0 Å². The van der Waals surface area contributed by atoms with Crippen LogP contribution < -0.4 is 0 Å². The molecule has 3 aliphatic carbocycles. The summed E-state index contributed by atoms with van der Waals surface area (Å²) in [5, 5.41) is 0. The van der Waals surface area contributed by atoms with Crippen LogP contribution >= 0.6 is 0 Å². The van der Waals surface area contributed by atoms with Crippen LogP contribution in [0.25, 0.3) is 0 Å². The van der Waals surface area contributed by atoms with Crippen molar-refractivity contribution in [1.82, 2.24) is 0 Å². The average Bonchev–Trinajstić information content (AvgIpc) is 2.54. The summed E-state index contributed by atoms with van der Waals surface area (Å²) in [7, 11) is 0. The van der Waals surface area contributed by atoms with Crippen LogP contribution in [-0.4, -0.2) is 25.8 Å². The molecule has 0 spiro atoms. The Hall–Kier alpha value is 0.922. The SMILES string of the molecule is CC1CCC(CC2CCC(CC3CC[CH]([Pb])CC3)CC2)CC1. The second kappa shape index (κ2) is 8.85. The molecule has 3 radical (unpaired) electrons. The third-order valence-electron chi connectivity index (χ3n) is 7.28. The molecule has 0 aromatic rings.